The van der Waals surface area contributed by atoms with Crippen LogP contribution in [0.3, 0.4) is 0 Å². The Morgan fingerprint density at radius 3 is 2.44 bits per heavy atom. The first-order chi connectivity index (χ1) is 16.0. The average molecular weight is 702 g/mol. The first kappa shape index (κ1) is 26.5. The number of halogens is 2. The Balaban J connectivity index is 1.75. The van der Waals surface area contributed by atoms with Gasteiger partial charge in [-0.3, -0.25) is 19.3 Å². The number of esters is 1. The Hall–Kier alpha value is -2.11. The van der Waals surface area contributed by atoms with Crippen molar-refractivity contribution in [1.82, 2.24) is 4.90 Å². The van der Waals surface area contributed by atoms with E-state index in [1.54, 1.807) is 39.0 Å². The predicted octanol–water partition coefficient (Wildman–Crippen LogP) is 5.72. The molecule has 1 aliphatic rings. The minimum atomic E-state index is -0.706. The SMILES string of the molecule is CC(C)(C)OC(=O)CN1C(=O)SC(=Cc2cc(I)c(OCc3ccccc3C#N)c(I)c2)C1=O. The largest absolute Gasteiger partial charge is 0.487 e. The third kappa shape index (κ3) is 6.73. The van der Waals surface area contributed by atoms with Crippen LogP contribution in [0.2, 0.25) is 0 Å². The van der Waals surface area contributed by atoms with E-state index in [0.717, 1.165) is 34.9 Å². The normalized spacial score (nSPS) is 14.9. The highest BCUT2D eigenvalue weighted by atomic mass is 127. The monoisotopic (exact) mass is 702 g/mol. The molecule has 1 aliphatic heterocycles. The molecule has 0 atom stereocenters. The number of nitrogens with zero attached hydrogens (tertiary/aromatic N) is 2. The molecule has 34 heavy (non-hydrogen) atoms. The highest BCUT2D eigenvalue weighted by Crippen LogP contribution is 2.35. The summed E-state index contributed by atoms with van der Waals surface area (Å²) in [5, 5.41) is 8.74. The van der Waals surface area contributed by atoms with Crippen LogP contribution < -0.4 is 4.74 Å². The van der Waals surface area contributed by atoms with Gasteiger partial charge in [-0.1, -0.05) is 18.2 Å². The smallest absolute Gasteiger partial charge is 0.326 e. The van der Waals surface area contributed by atoms with Crippen LogP contribution in [0.4, 0.5) is 4.79 Å². The zero-order valence-corrected chi connectivity index (χ0v) is 23.7. The van der Waals surface area contributed by atoms with Crippen LogP contribution in [0.15, 0.2) is 41.3 Å². The summed E-state index contributed by atoms with van der Waals surface area (Å²) in [4.78, 5) is 38.2. The van der Waals surface area contributed by atoms with Gasteiger partial charge in [0.05, 0.1) is 23.7 Å². The van der Waals surface area contributed by atoms with Gasteiger partial charge in [-0.05, 0) is 108 Å². The van der Waals surface area contributed by atoms with Gasteiger partial charge < -0.3 is 9.47 Å². The lowest BCUT2D eigenvalue weighted by Gasteiger charge is -2.21. The molecule has 7 nitrogen and oxygen atoms in total. The van der Waals surface area contributed by atoms with E-state index >= 15 is 0 Å². The van der Waals surface area contributed by atoms with Crippen molar-refractivity contribution in [3.63, 3.8) is 0 Å². The third-order valence-corrected chi connectivity index (χ3v) is 6.92. The molecule has 0 aliphatic carbocycles. The van der Waals surface area contributed by atoms with Gasteiger partial charge in [0.1, 0.15) is 24.5 Å². The van der Waals surface area contributed by atoms with Crippen LogP contribution in [-0.2, 0) is 20.9 Å². The molecule has 1 fully saturated rings. The van der Waals surface area contributed by atoms with E-state index in [0.29, 0.717) is 11.3 Å². The number of imide groups is 1. The van der Waals surface area contributed by atoms with Crippen molar-refractivity contribution in [2.24, 2.45) is 0 Å². The van der Waals surface area contributed by atoms with Crippen molar-refractivity contribution in [2.75, 3.05) is 6.54 Å². The topological polar surface area (TPSA) is 96.7 Å². The molecular weight excluding hydrogens is 682 g/mol. The lowest BCUT2D eigenvalue weighted by Crippen LogP contribution is -2.37. The molecule has 0 N–H and O–H groups in total. The summed E-state index contributed by atoms with van der Waals surface area (Å²) in [6.45, 7) is 4.98. The van der Waals surface area contributed by atoms with Crippen LogP contribution in [-0.4, -0.2) is 34.2 Å². The lowest BCUT2D eigenvalue weighted by molar-refractivity contribution is -0.156. The molecular formula is C24H20I2N2O5S. The van der Waals surface area contributed by atoms with E-state index in [4.69, 9.17) is 9.47 Å². The minimum Gasteiger partial charge on any atom is -0.487 e. The molecule has 0 saturated carbocycles. The highest BCUT2D eigenvalue weighted by Gasteiger charge is 2.37. The van der Waals surface area contributed by atoms with Gasteiger partial charge in [-0.2, -0.15) is 5.26 Å². The predicted molar refractivity (Wildman–Crippen MR) is 146 cm³/mol. The van der Waals surface area contributed by atoms with E-state index in [2.05, 4.69) is 51.3 Å². The Morgan fingerprint density at radius 1 is 1.18 bits per heavy atom. The van der Waals surface area contributed by atoms with E-state index in [9.17, 15) is 19.6 Å². The van der Waals surface area contributed by atoms with Crippen LogP contribution in [0, 0.1) is 18.5 Å². The van der Waals surface area contributed by atoms with Crippen molar-refractivity contribution >= 4 is 80.1 Å². The third-order valence-electron chi connectivity index (χ3n) is 4.41. The number of carbonyl (C=O) groups is 3. The number of ether oxygens (including phenoxy) is 2. The number of thioether (sulfide) groups is 1. The maximum absolute atomic E-state index is 12.7. The lowest BCUT2D eigenvalue weighted by atomic mass is 10.1. The second kappa shape index (κ2) is 11.1. The molecule has 2 aromatic rings. The molecule has 0 aromatic heterocycles. The molecule has 176 valence electrons. The summed E-state index contributed by atoms with van der Waals surface area (Å²) in [6, 6.07) is 13.1. The molecule has 1 saturated heterocycles. The summed E-state index contributed by atoms with van der Waals surface area (Å²) >= 11 is 5.08. The average Bonchev–Trinajstić information content (AvgIpc) is 2.99. The molecule has 2 aromatic carbocycles. The van der Waals surface area contributed by atoms with Gasteiger partial charge in [-0.15, -0.1) is 0 Å². The summed E-state index contributed by atoms with van der Waals surface area (Å²) in [7, 11) is 0. The zero-order chi connectivity index (χ0) is 25.0. The summed E-state index contributed by atoms with van der Waals surface area (Å²) in [6.07, 6.45) is 1.62. The van der Waals surface area contributed by atoms with E-state index in [1.807, 2.05) is 24.3 Å². The number of nitriles is 1. The van der Waals surface area contributed by atoms with Crippen LogP contribution in [0.1, 0.15) is 37.5 Å². The van der Waals surface area contributed by atoms with Crippen molar-refractivity contribution in [2.45, 2.75) is 33.0 Å². The van der Waals surface area contributed by atoms with Crippen molar-refractivity contribution in [3.8, 4) is 11.8 Å². The fourth-order valence-corrected chi connectivity index (χ4v) is 5.96. The molecule has 3 rings (SSSR count). The number of amides is 2. The second-order valence-electron chi connectivity index (χ2n) is 8.23. The molecule has 1 heterocycles. The first-order valence-corrected chi connectivity index (χ1v) is 13.0. The maximum Gasteiger partial charge on any atom is 0.326 e. The number of benzene rings is 2. The zero-order valence-electron chi connectivity index (χ0n) is 18.6. The Kier molecular flexibility index (Phi) is 8.64. The van der Waals surface area contributed by atoms with Crippen LogP contribution in [0.25, 0.3) is 6.08 Å². The minimum absolute atomic E-state index is 0.233. The van der Waals surface area contributed by atoms with E-state index in [-0.39, 0.29) is 11.5 Å². The Bertz CT molecular complexity index is 1210. The van der Waals surface area contributed by atoms with E-state index < -0.39 is 29.3 Å². The highest BCUT2D eigenvalue weighted by molar-refractivity contribution is 14.1. The summed E-state index contributed by atoms with van der Waals surface area (Å²) in [5.74, 6) is -0.497. The molecule has 0 spiro atoms. The second-order valence-corrected chi connectivity index (χ2v) is 11.5. The Labute approximate surface area is 229 Å². The van der Waals surface area contributed by atoms with Gasteiger partial charge in [0.15, 0.2) is 0 Å². The molecule has 10 heteroatoms. The number of carbonyl (C=O) groups excluding carboxylic acids is 3. The van der Waals surface area contributed by atoms with Crippen molar-refractivity contribution in [3.05, 3.63) is 65.1 Å². The fourth-order valence-electron chi connectivity index (χ4n) is 3.00. The first-order valence-electron chi connectivity index (χ1n) is 10.1. The number of hydrogen-bond acceptors (Lipinski definition) is 7. The summed E-state index contributed by atoms with van der Waals surface area (Å²) in [5.41, 5.74) is 1.37. The van der Waals surface area contributed by atoms with Gasteiger partial charge in [-0.25, -0.2) is 0 Å². The maximum atomic E-state index is 12.7. The van der Waals surface area contributed by atoms with Gasteiger partial charge >= 0.3 is 5.97 Å². The van der Waals surface area contributed by atoms with Crippen molar-refractivity contribution in [1.29, 1.82) is 5.26 Å². The molecule has 2 amide bonds. The molecule has 0 unspecified atom stereocenters. The van der Waals surface area contributed by atoms with E-state index in [1.165, 1.54) is 0 Å². The van der Waals surface area contributed by atoms with Crippen LogP contribution >= 0.6 is 56.9 Å². The standard InChI is InChI=1S/C24H20I2N2O5S/c1-24(2,3)33-20(29)12-28-22(30)19(34-23(28)31)10-14-8-17(25)21(18(26)9-14)32-13-16-7-5-4-6-15(16)11-27/h4-10H,12-13H2,1-3H3. The van der Waals surface area contributed by atoms with Crippen LogP contribution in [0.5, 0.6) is 5.75 Å². The quantitative estimate of drug-likeness (QED) is 0.216. The van der Waals surface area contributed by atoms with Crippen molar-refractivity contribution < 1.29 is 23.9 Å². The number of rotatable bonds is 6. The van der Waals surface area contributed by atoms with Gasteiger partial charge in [0, 0.05) is 5.56 Å². The molecule has 0 radical (unpaired) electrons. The fraction of sp³-hybridized carbons (Fsp3) is 0.250. The molecule has 0 bridgehead atoms. The van der Waals surface area contributed by atoms with Gasteiger partial charge in [0.25, 0.3) is 11.1 Å². The summed E-state index contributed by atoms with van der Waals surface area (Å²) < 4.78 is 12.8. The van der Waals surface area contributed by atoms with Gasteiger partial charge in [0.2, 0.25) is 0 Å². The Morgan fingerprint density at radius 2 is 1.82 bits per heavy atom. The number of hydrogen-bond donors (Lipinski definition) is 0.